The second-order valence-electron chi connectivity index (χ2n) is 6.52. The lowest BCUT2D eigenvalue weighted by Gasteiger charge is -2.20. The van der Waals surface area contributed by atoms with E-state index in [-0.39, 0.29) is 16.3 Å². The summed E-state index contributed by atoms with van der Waals surface area (Å²) in [5.41, 5.74) is 3.70. The second kappa shape index (κ2) is 8.34. The third kappa shape index (κ3) is 4.48. The molecule has 2 atom stereocenters. The van der Waals surface area contributed by atoms with Crippen LogP contribution in [0.3, 0.4) is 0 Å². The van der Waals surface area contributed by atoms with Gasteiger partial charge in [-0.05, 0) is 30.2 Å². The highest BCUT2D eigenvalue weighted by atomic mass is 19.3. The van der Waals surface area contributed by atoms with Crippen LogP contribution in [0.1, 0.15) is 34.9 Å². The van der Waals surface area contributed by atoms with E-state index in [1.54, 1.807) is 0 Å². The van der Waals surface area contributed by atoms with Crippen molar-refractivity contribution in [3.05, 3.63) is 46.8 Å². The summed E-state index contributed by atoms with van der Waals surface area (Å²) in [4.78, 5) is 0. The number of benzene rings is 1. The van der Waals surface area contributed by atoms with E-state index in [9.17, 15) is 43.9 Å². The van der Waals surface area contributed by atoms with Crippen LogP contribution in [-0.2, 0) is 6.54 Å². The molecule has 13 heteroatoms. The summed E-state index contributed by atoms with van der Waals surface area (Å²) in [5.74, 6) is -10.5. The Labute approximate surface area is 163 Å². The maximum atomic E-state index is 14.2. The van der Waals surface area contributed by atoms with Crippen LogP contribution in [0.25, 0.3) is 0 Å². The van der Waals surface area contributed by atoms with Crippen molar-refractivity contribution in [3.8, 4) is 0 Å². The highest BCUT2D eigenvalue weighted by molar-refractivity contribution is 5.47. The summed E-state index contributed by atoms with van der Waals surface area (Å²) in [7, 11) is 0. The van der Waals surface area contributed by atoms with E-state index in [1.807, 2.05) is 0 Å². The molecular weight excluding hydrogens is 436 g/mol. The molecule has 3 nitrogen and oxygen atoms in total. The molecule has 1 heterocycles. The third-order valence-electron chi connectivity index (χ3n) is 4.27. The highest BCUT2D eigenvalue weighted by Gasteiger charge is 2.54. The molecule has 0 saturated heterocycles. The Balaban J connectivity index is 2.54. The van der Waals surface area contributed by atoms with Gasteiger partial charge in [0.2, 0.25) is 12.3 Å². The lowest BCUT2D eigenvalue weighted by Crippen LogP contribution is -2.33. The largest absolute Gasteiger partial charge is 0.399 e. The van der Waals surface area contributed by atoms with E-state index in [2.05, 4.69) is 5.10 Å². The molecule has 0 aliphatic heterocycles. The monoisotopic (exact) mass is 451 g/mol. The van der Waals surface area contributed by atoms with Crippen molar-refractivity contribution in [2.24, 2.45) is 0 Å². The molecule has 0 radical (unpaired) electrons. The van der Waals surface area contributed by atoms with Gasteiger partial charge in [0.1, 0.15) is 5.69 Å². The minimum absolute atomic E-state index is 0.00602. The topological polar surface area (TPSA) is 43.8 Å². The van der Waals surface area contributed by atoms with E-state index in [0.717, 1.165) is 0 Å². The molecule has 0 spiro atoms. The van der Waals surface area contributed by atoms with Gasteiger partial charge < -0.3 is 5.73 Å². The second-order valence-corrected chi connectivity index (χ2v) is 6.52. The fourth-order valence-electron chi connectivity index (χ4n) is 2.53. The highest BCUT2D eigenvalue weighted by Crippen LogP contribution is 2.43. The standard InChI is InChI=1S/C17H15F10N3/c1-7-4-8(2-3-9(7)28)6-30-11(13(19)17(26,27)15(22)23)5-10(29-30)12(18)16(24,25)14(20)21/h2-5,12-15H,6,28H2,1H3. The Kier molecular flexibility index (Phi) is 6.62. The van der Waals surface area contributed by atoms with Gasteiger partial charge >= 0.3 is 24.7 Å². The van der Waals surface area contributed by atoms with Crippen LogP contribution in [0.2, 0.25) is 0 Å². The smallest absolute Gasteiger partial charge is 0.343 e. The molecule has 0 bridgehead atoms. The summed E-state index contributed by atoms with van der Waals surface area (Å²) in [6.45, 7) is 0.904. The van der Waals surface area contributed by atoms with Crippen LogP contribution in [0, 0.1) is 6.92 Å². The van der Waals surface area contributed by atoms with E-state index >= 15 is 0 Å². The zero-order chi connectivity index (χ0) is 23.0. The van der Waals surface area contributed by atoms with E-state index in [4.69, 9.17) is 5.73 Å². The van der Waals surface area contributed by atoms with Crippen molar-refractivity contribution in [2.45, 2.75) is 50.5 Å². The zero-order valence-electron chi connectivity index (χ0n) is 15.1. The molecule has 2 N–H and O–H groups in total. The van der Waals surface area contributed by atoms with Crippen molar-refractivity contribution >= 4 is 5.69 Å². The number of anilines is 1. The molecule has 168 valence electrons. The van der Waals surface area contributed by atoms with Gasteiger partial charge in [-0.3, -0.25) is 4.68 Å². The predicted molar refractivity (Wildman–Crippen MR) is 86.5 cm³/mol. The molecule has 2 aromatic rings. The molecular formula is C17H15F10N3. The number of hydrogen-bond acceptors (Lipinski definition) is 2. The van der Waals surface area contributed by atoms with Gasteiger partial charge in [0.15, 0.2) is 0 Å². The number of hydrogen-bond donors (Lipinski definition) is 1. The summed E-state index contributed by atoms with van der Waals surface area (Å²) >= 11 is 0. The minimum atomic E-state index is -5.27. The van der Waals surface area contributed by atoms with Crippen molar-refractivity contribution in [1.29, 1.82) is 0 Å². The Hall–Kier alpha value is -2.47. The van der Waals surface area contributed by atoms with Gasteiger partial charge in [-0.1, -0.05) is 12.1 Å². The Morgan fingerprint density at radius 3 is 1.93 bits per heavy atom. The van der Waals surface area contributed by atoms with Crippen molar-refractivity contribution < 1.29 is 43.9 Å². The first-order valence-corrected chi connectivity index (χ1v) is 8.22. The summed E-state index contributed by atoms with van der Waals surface area (Å²) < 4.78 is 132. The third-order valence-corrected chi connectivity index (χ3v) is 4.27. The maximum absolute atomic E-state index is 14.2. The Morgan fingerprint density at radius 1 is 0.900 bits per heavy atom. The molecule has 0 fully saturated rings. The lowest BCUT2D eigenvalue weighted by atomic mass is 10.1. The SMILES string of the molecule is Cc1cc(Cn2nc(C(F)C(F)(F)C(F)F)cc2C(F)C(F)(F)C(F)F)ccc1N. The number of halogens is 10. The van der Waals surface area contributed by atoms with Crippen LogP contribution >= 0.6 is 0 Å². The molecule has 2 rings (SSSR count). The Bertz CT molecular complexity index is 881. The van der Waals surface area contributed by atoms with Crippen molar-refractivity contribution in [3.63, 3.8) is 0 Å². The minimum Gasteiger partial charge on any atom is -0.399 e. The molecule has 0 saturated carbocycles. The van der Waals surface area contributed by atoms with E-state index in [0.29, 0.717) is 11.3 Å². The van der Waals surface area contributed by atoms with Gasteiger partial charge in [0, 0.05) is 5.69 Å². The van der Waals surface area contributed by atoms with Gasteiger partial charge in [0.25, 0.3) is 0 Å². The van der Waals surface area contributed by atoms with Gasteiger partial charge in [-0.25, -0.2) is 26.3 Å². The molecule has 2 unspecified atom stereocenters. The van der Waals surface area contributed by atoms with Crippen LogP contribution in [0.4, 0.5) is 49.6 Å². The molecule has 0 aliphatic rings. The van der Waals surface area contributed by atoms with Gasteiger partial charge in [-0.15, -0.1) is 0 Å². The number of aromatic nitrogens is 2. The first-order chi connectivity index (χ1) is 13.7. The maximum Gasteiger partial charge on any atom is 0.343 e. The normalized spacial score (nSPS) is 15.1. The molecule has 1 aromatic carbocycles. The quantitative estimate of drug-likeness (QED) is 0.417. The number of aryl methyl sites for hydroxylation is 1. The van der Waals surface area contributed by atoms with E-state index in [1.165, 1.54) is 25.1 Å². The zero-order valence-corrected chi connectivity index (χ0v) is 15.1. The average molecular weight is 451 g/mol. The number of alkyl halides is 10. The van der Waals surface area contributed by atoms with Crippen LogP contribution in [0.5, 0.6) is 0 Å². The fraction of sp³-hybridized carbons (Fsp3) is 0.471. The predicted octanol–water partition coefficient (Wildman–Crippen LogP) is 5.64. The summed E-state index contributed by atoms with van der Waals surface area (Å²) in [5, 5.41) is 3.18. The van der Waals surface area contributed by atoms with Crippen molar-refractivity contribution in [1.82, 2.24) is 9.78 Å². The summed E-state index contributed by atoms with van der Waals surface area (Å²) in [6, 6.07) is 4.05. The van der Waals surface area contributed by atoms with E-state index < -0.39 is 55.0 Å². The van der Waals surface area contributed by atoms with Gasteiger partial charge in [-0.2, -0.15) is 22.7 Å². The van der Waals surface area contributed by atoms with Crippen LogP contribution in [0.15, 0.2) is 24.3 Å². The molecule has 0 amide bonds. The fourth-order valence-corrected chi connectivity index (χ4v) is 2.53. The lowest BCUT2D eigenvalue weighted by molar-refractivity contribution is -0.174. The Morgan fingerprint density at radius 2 is 1.43 bits per heavy atom. The van der Waals surface area contributed by atoms with Crippen LogP contribution < -0.4 is 5.73 Å². The van der Waals surface area contributed by atoms with Crippen LogP contribution in [-0.4, -0.2) is 34.5 Å². The summed E-state index contributed by atoms with van der Waals surface area (Å²) in [6.07, 6.45) is -16.5. The molecule has 30 heavy (non-hydrogen) atoms. The number of nitrogen functional groups attached to an aromatic ring is 1. The number of nitrogens with two attached hydrogens (primary N) is 1. The first kappa shape index (κ1) is 23.8. The first-order valence-electron chi connectivity index (χ1n) is 8.22. The number of rotatable bonds is 8. The average Bonchev–Trinajstić information content (AvgIpc) is 3.06. The van der Waals surface area contributed by atoms with Gasteiger partial charge in [0.05, 0.1) is 12.2 Å². The number of nitrogens with zero attached hydrogens (tertiary/aromatic N) is 2. The van der Waals surface area contributed by atoms with Crippen molar-refractivity contribution in [2.75, 3.05) is 5.73 Å². The molecule has 1 aromatic heterocycles. The molecule has 0 aliphatic carbocycles.